The molecular formula is C20H25N3O2. The molecule has 132 valence electrons. The standard InChI is InChI=1S/C20H25N3O2/c1-20(14-21)10-11-23(15-20)13-19(24)22-16-6-5-9-18(12-16)25-17-7-3-2-4-8-17/h2-9,12H,10-11,13-15,21H2,1H3,(H,22,24). The van der Waals surface area contributed by atoms with E-state index in [4.69, 9.17) is 10.5 Å². The smallest absolute Gasteiger partial charge is 0.238 e. The van der Waals surface area contributed by atoms with Crippen LogP contribution in [-0.4, -0.2) is 37.0 Å². The third-order valence-electron chi connectivity index (χ3n) is 4.59. The lowest BCUT2D eigenvalue weighted by Crippen LogP contribution is -2.35. The molecule has 25 heavy (non-hydrogen) atoms. The van der Waals surface area contributed by atoms with E-state index in [2.05, 4.69) is 17.1 Å². The number of nitrogens with one attached hydrogen (secondary N) is 1. The molecule has 3 rings (SSSR count). The van der Waals surface area contributed by atoms with Crippen molar-refractivity contribution in [2.45, 2.75) is 13.3 Å². The molecule has 0 radical (unpaired) electrons. The van der Waals surface area contributed by atoms with Crippen LogP contribution in [-0.2, 0) is 4.79 Å². The minimum Gasteiger partial charge on any atom is -0.457 e. The van der Waals surface area contributed by atoms with Crippen LogP contribution in [0.15, 0.2) is 54.6 Å². The molecule has 0 bridgehead atoms. The average Bonchev–Trinajstić information content (AvgIpc) is 2.97. The van der Waals surface area contributed by atoms with Gasteiger partial charge in [-0.2, -0.15) is 0 Å². The van der Waals surface area contributed by atoms with Crippen molar-refractivity contribution in [3.05, 3.63) is 54.6 Å². The normalized spacial score (nSPS) is 20.4. The van der Waals surface area contributed by atoms with Crippen LogP contribution in [0, 0.1) is 5.41 Å². The first-order valence-corrected chi connectivity index (χ1v) is 8.62. The maximum Gasteiger partial charge on any atom is 0.238 e. The zero-order valence-electron chi connectivity index (χ0n) is 14.6. The van der Waals surface area contributed by atoms with Gasteiger partial charge in [0.2, 0.25) is 5.91 Å². The number of amides is 1. The zero-order valence-corrected chi connectivity index (χ0v) is 14.6. The topological polar surface area (TPSA) is 67.6 Å². The second-order valence-corrected chi connectivity index (χ2v) is 6.97. The Morgan fingerprint density at radius 1 is 1.20 bits per heavy atom. The lowest BCUT2D eigenvalue weighted by Gasteiger charge is -2.22. The number of carbonyl (C=O) groups excluding carboxylic acids is 1. The summed E-state index contributed by atoms with van der Waals surface area (Å²) >= 11 is 0. The van der Waals surface area contributed by atoms with Crippen molar-refractivity contribution in [1.29, 1.82) is 0 Å². The number of para-hydroxylation sites is 1. The molecule has 1 saturated heterocycles. The fourth-order valence-electron chi connectivity index (χ4n) is 3.09. The molecule has 3 N–H and O–H groups in total. The highest BCUT2D eigenvalue weighted by Crippen LogP contribution is 2.28. The van der Waals surface area contributed by atoms with Gasteiger partial charge in [0.05, 0.1) is 6.54 Å². The average molecular weight is 339 g/mol. The number of nitrogens with zero attached hydrogens (tertiary/aromatic N) is 1. The summed E-state index contributed by atoms with van der Waals surface area (Å²) in [6.45, 7) is 5.00. The Labute approximate surface area is 148 Å². The van der Waals surface area contributed by atoms with E-state index < -0.39 is 0 Å². The summed E-state index contributed by atoms with van der Waals surface area (Å²) in [6.07, 6.45) is 1.04. The van der Waals surface area contributed by atoms with Crippen LogP contribution in [0.3, 0.4) is 0 Å². The lowest BCUT2D eigenvalue weighted by molar-refractivity contribution is -0.117. The van der Waals surface area contributed by atoms with E-state index in [0.29, 0.717) is 18.8 Å². The molecule has 1 aliphatic rings. The molecule has 1 fully saturated rings. The van der Waals surface area contributed by atoms with Crippen molar-refractivity contribution in [2.75, 3.05) is 31.5 Å². The zero-order chi connectivity index (χ0) is 17.7. The molecular weight excluding hydrogens is 314 g/mol. The van der Waals surface area contributed by atoms with Gasteiger partial charge in [-0.15, -0.1) is 0 Å². The molecule has 2 aromatic carbocycles. The van der Waals surface area contributed by atoms with Gasteiger partial charge in [0.25, 0.3) is 0 Å². The van der Waals surface area contributed by atoms with Gasteiger partial charge >= 0.3 is 0 Å². The van der Waals surface area contributed by atoms with Crippen LogP contribution in [0.25, 0.3) is 0 Å². The van der Waals surface area contributed by atoms with Crippen LogP contribution < -0.4 is 15.8 Å². The molecule has 1 heterocycles. The number of anilines is 1. The van der Waals surface area contributed by atoms with Crippen LogP contribution in [0.1, 0.15) is 13.3 Å². The first-order valence-electron chi connectivity index (χ1n) is 8.62. The van der Waals surface area contributed by atoms with Crippen molar-refractivity contribution in [1.82, 2.24) is 4.90 Å². The number of nitrogens with two attached hydrogens (primary N) is 1. The number of ether oxygens (including phenoxy) is 1. The van der Waals surface area contributed by atoms with Crippen molar-refractivity contribution < 1.29 is 9.53 Å². The number of rotatable bonds is 6. The Morgan fingerprint density at radius 3 is 2.68 bits per heavy atom. The Kier molecular flexibility index (Phi) is 5.36. The van der Waals surface area contributed by atoms with Gasteiger partial charge in [-0.05, 0) is 49.2 Å². The van der Waals surface area contributed by atoms with E-state index in [1.807, 2.05) is 54.6 Å². The van der Waals surface area contributed by atoms with E-state index in [1.54, 1.807) is 0 Å². The maximum absolute atomic E-state index is 12.3. The van der Waals surface area contributed by atoms with Gasteiger partial charge < -0.3 is 15.8 Å². The fourth-order valence-corrected chi connectivity index (χ4v) is 3.09. The highest BCUT2D eigenvalue weighted by molar-refractivity contribution is 5.92. The second kappa shape index (κ2) is 7.68. The number of hydrogen-bond donors (Lipinski definition) is 2. The number of likely N-dealkylation sites (tertiary alicyclic amines) is 1. The van der Waals surface area contributed by atoms with Gasteiger partial charge in [0.1, 0.15) is 11.5 Å². The molecule has 5 heteroatoms. The van der Waals surface area contributed by atoms with Gasteiger partial charge in [-0.25, -0.2) is 0 Å². The summed E-state index contributed by atoms with van der Waals surface area (Å²) in [5, 5.41) is 2.95. The van der Waals surface area contributed by atoms with Crippen LogP contribution >= 0.6 is 0 Å². The molecule has 0 spiro atoms. The maximum atomic E-state index is 12.3. The van der Waals surface area contributed by atoms with Crippen molar-refractivity contribution in [3.8, 4) is 11.5 Å². The number of hydrogen-bond acceptors (Lipinski definition) is 4. The van der Waals surface area contributed by atoms with Gasteiger partial charge in [-0.3, -0.25) is 9.69 Å². The minimum absolute atomic E-state index is 0.0156. The molecule has 1 atom stereocenters. The molecule has 0 aromatic heterocycles. The molecule has 2 aromatic rings. The third kappa shape index (κ3) is 4.81. The van der Waals surface area contributed by atoms with Crippen molar-refractivity contribution >= 4 is 11.6 Å². The van der Waals surface area contributed by atoms with E-state index in [0.717, 1.165) is 30.9 Å². The first kappa shape index (κ1) is 17.5. The second-order valence-electron chi connectivity index (χ2n) is 6.97. The van der Waals surface area contributed by atoms with E-state index in [1.165, 1.54) is 0 Å². The number of benzene rings is 2. The molecule has 0 aliphatic carbocycles. The quantitative estimate of drug-likeness (QED) is 0.849. The Morgan fingerprint density at radius 2 is 1.96 bits per heavy atom. The highest BCUT2D eigenvalue weighted by Gasteiger charge is 2.33. The minimum atomic E-state index is -0.0156. The number of carbonyl (C=O) groups is 1. The van der Waals surface area contributed by atoms with Gasteiger partial charge in [-0.1, -0.05) is 31.2 Å². The summed E-state index contributed by atoms with van der Waals surface area (Å²) in [5.41, 5.74) is 6.69. The predicted molar refractivity (Wildman–Crippen MR) is 99.8 cm³/mol. The van der Waals surface area contributed by atoms with Crippen LogP contribution in [0.4, 0.5) is 5.69 Å². The summed E-state index contributed by atoms with van der Waals surface area (Å²) in [6, 6.07) is 17.0. The van der Waals surface area contributed by atoms with Crippen molar-refractivity contribution in [3.63, 3.8) is 0 Å². The van der Waals surface area contributed by atoms with E-state index in [-0.39, 0.29) is 11.3 Å². The fraction of sp³-hybridized carbons (Fsp3) is 0.350. The third-order valence-corrected chi connectivity index (χ3v) is 4.59. The summed E-state index contributed by atoms with van der Waals surface area (Å²) in [7, 11) is 0. The Bertz CT molecular complexity index is 720. The highest BCUT2D eigenvalue weighted by atomic mass is 16.5. The van der Waals surface area contributed by atoms with E-state index >= 15 is 0 Å². The van der Waals surface area contributed by atoms with Crippen LogP contribution in [0.2, 0.25) is 0 Å². The van der Waals surface area contributed by atoms with Crippen molar-refractivity contribution in [2.24, 2.45) is 11.1 Å². The summed E-state index contributed by atoms with van der Waals surface area (Å²) in [4.78, 5) is 14.5. The first-order chi connectivity index (χ1) is 12.1. The van der Waals surface area contributed by atoms with Crippen LogP contribution in [0.5, 0.6) is 11.5 Å². The molecule has 5 nitrogen and oxygen atoms in total. The summed E-state index contributed by atoms with van der Waals surface area (Å²) in [5.74, 6) is 1.45. The molecule has 1 amide bonds. The molecule has 0 saturated carbocycles. The van der Waals surface area contributed by atoms with Gasteiger partial charge in [0.15, 0.2) is 0 Å². The Hall–Kier alpha value is -2.37. The predicted octanol–water partition coefficient (Wildman–Crippen LogP) is 3.09. The molecule has 1 unspecified atom stereocenters. The summed E-state index contributed by atoms with van der Waals surface area (Å²) < 4.78 is 5.80. The lowest BCUT2D eigenvalue weighted by atomic mass is 9.90. The van der Waals surface area contributed by atoms with E-state index in [9.17, 15) is 4.79 Å². The van der Waals surface area contributed by atoms with Gasteiger partial charge in [0, 0.05) is 18.3 Å². The monoisotopic (exact) mass is 339 g/mol. The Balaban J connectivity index is 1.56. The largest absolute Gasteiger partial charge is 0.457 e. The SMILES string of the molecule is CC1(CN)CCN(CC(=O)Nc2cccc(Oc3ccccc3)c2)C1. The molecule has 1 aliphatic heterocycles.